The van der Waals surface area contributed by atoms with Gasteiger partial charge in [0.2, 0.25) is 0 Å². The third-order valence-electron chi connectivity index (χ3n) is 5.16. The van der Waals surface area contributed by atoms with E-state index in [1.54, 1.807) is 0 Å². The molecule has 5 atom stereocenters. The molecule has 98 valence electrons. The summed E-state index contributed by atoms with van der Waals surface area (Å²) >= 11 is 0. The smallest absolute Gasteiger partial charge is 0.0561 e. The normalized spacial score (nSPS) is 48.0. The van der Waals surface area contributed by atoms with Crippen molar-refractivity contribution in [1.29, 1.82) is 0 Å². The zero-order chi connectivity index (χ0) is 11.8. The average Bonchev–Trinajstić information content (AvgIpc) is 2.74. The molecule has 0 radical (unpaired) electrons. The molecule has 0 aromatic heterocycles. The average molecular weight is 238 g/mol. The van der Waals surface area contributed by atoms with Crippen molar-refractivity contribution in [2.45, 2.75) is 57.2 Å². The van der Waals surface area contributed by atoms with E-state index in [0.717, 1.165) is 24.5 Å². The summed E-state index contributed by atoms with van der Waals surface area (Å²) in [5.74, 6) is 1.67. The van der Waals surface area contributed by atoms with Crippen LogP contribution < -0.4 is 5.73 Å². The van der Waals surface area contributed by atoms with E-state index >= 15 is 0 Å². The van der Waals surface area contributed by atoms with Crippen LogP contribution in [0.15, 0.2) is 0 Å². The number of hydrogen-bond donors (Lipinski definition) is 1. The highest BCUT2D eigenvalue weighted by molar-refractivity contribution is 4.95. The Morgan fingerprint density at radius 1 is 1.18 bits per heavy atom. The molecule has 17 heavy (non-hydrogen) atoms. The number of fused-ring (bicyclic) bond motifs is 1. The molecule has 0 bridgehead atoms. The molecule has 1 aliphatic carbocycles. The SMILES string of the molecule is CC1CC(N2CC3CCCC(N)C3C2)CCO1. The molecule has 1 saturated carbocycles. The quantitative estimate of drug-likeness (QED) is 0.754. The van der Waals surface area contributed by atoms with E-state index in [0.29, 0.717) is 12.1 Å². The van der Waals surface area contributed by atoms with Crippen LogP contribution in [0, 0.1) is 11.8 Å². The van der Waals surface area contributed by atoms with Gasteiger partial charge in [-0.3, -0.25) is 4.90 Å². The summed E-state index contributed by atoms with van der Waals surface area (Å²) in [4.78, 5) is 2.72. The summed E-state index contributed by atoms with van der Waals surface area (Å²) in [5, 5.41) is 0. The van der Waals surface area contributed by atoms with Gasteiger partial charge in [-0.05, 0) is 44.4 Å². The van der Waals surface area contributed by atoms with E-state index in [4.69, 9.17) is 10.5 Å². The van der Waals surface area contributed by atoms with Crippen LogP contribution in [0.25, 0.3) is 0 Å². The Kier molecular flexibility index (Phi) is 3.42. The second-order valence-electron chi connectivity index (χ2n) is 6.33. The lowest BCUT2D eigenvalue weighted by Gasteiger charge is -2.34. The summed E-state index contributed by atoms with van der Waals surface area (Å²) < 4.78 is 5.66. The van der Waals surface area contributed by atoms with Crippen molar-refractivity contribution in [1.82, 2.24) is 4.90 Å². The third-order valence-corrected chi connectivity index (χ3v) is 5.16. The van der Waals surface area contributed by atoms with E-state index in [1.165, 1.54) is 45.2 Å². The van der Waals surface area contributed by atoms with E-state index < -0.39 is 0 Å². The second-order valence-corrected chi connectivity index (χ2v) is 6.33. The lowest BCUT2D eigenvalue weighted by molar-refractivity contribution is -0.0134. The predicted octanol–water partition coefficient (Wildman–Crippen LogP) is 1.61. The fraction of sp³-hybridized carbons (Fsp3) is 1.00. The first-order valence-corrected chi connectivity index (χ1v) is 7.35. The zero-order valence-electron chi connectivity index (χ0n) is 11.0. The van der Waals surface area contributed by atoms with E-state index in [1.807, 2.05) is 0 Å². The molecule has 3 nitrogen and oxygen atoms in total. The van der Waals surface area contributed by atoms with Crippen LogP contribution in [-0.2, 0) is 4.74 Å². The monoisotopic (exact) mass is 238 g/mol. The topological polar surface area (TPSA) is 38.5 Å². The molecule has 3 fully saturated rings. The fourth-order valence-corrected chi connectivity index (χ4v) is 4.16. The van der Waals surface area contributed by atoms with Crippen molar-refractivity contribution >= 4 is 0 Å². The zero-order valence-corrected chi connectivity index (χ0v) is 11.0. The Bertz CT molecular complexity index is 271. The molecule has 3 rings (SSSR count). The van der Waals surface area contributed by atoms with E-state index in [-0.39, 0.29) is 0 Å². The Balaban J connectivity index is 1.62. The van der Waals surface area contributed by atoms with Gasteiger partial charge in [0.15, 0.2) is 0 Å². The Morgan fingerprint density at radius 3 is 2.82 bits per heavy atom. The lowest BCUT2D eigenvalue weighted by atomic mass is 9.78. The highest BCUT2D eigenvalue weighted by Gasteiger charge is 2.41. The summed E-state index contributed by atoms with van der Waals surface area (Å²) in [7, 11) is 0. The van der Waals surface area contributed by atoms with Crippen molar-refractivity contribution < 1.29 is 4.74 Å². The van der Waals surface area contributed by atoms with E-state index in [2.05, 4.69) is 11.8 Å². The minimum absolute atomic E-state index is 0.449. The number of nitrogens with zero attached hydrogens (tertiary/aromatic N) is 1. The summed E-state index contributed by atoms with van der Waals surface area (Å²) in [6, 6.07) is 1.23. The van der Waals surface area contributed by atoms with Crippen LogP contribution in [0.5, 0.6) is 0 Å². The number of hydrogen-bond acceptors (Lipinski definition) is 3. The fourth-order valence-electron chi connectivity index (χ4n) is 4.16. The summed E-state index contributed by atoms with van der Waals surface area (Å²) in [6.07, 6.45) is 6.89. The van der Waals surface area contributed by atoms with Crippen LogP contribution in [0.4, 0.5) is 0 Å². The van der Waals surface area contributed by atoms with Gasteiger partial charge in [-0.2, -0.15) is 0 Å². The molecular formula is C14H26N2O. The molecule has 3 heteroatoms. The van der Waals surface area contributed by atoms with Gasteiger partial charge in [-0.1, -0.05) is 6.42 Å². The first-order valence-electron chi connectivity index (χ1n) is 7.35. The lowest BCUT2D eigenvalue weighted by Crippen LogP contribution is -2.41. The van der Waals surface area contributed by atoms with E-state index in [9.17, 15) is 0 Å². The van der Waals surface area contributed by atoms with Crippen molar-refractivity contribution in [3.8, 4) is 0 Å². The Hall–Kier alpha value is -0.120. The first kappa shape index (κ1) is 11.9. The van der Waals surface area contributed by atoms with Crippen LogP contribution in [0.2, 0.25) is 0 Å². The van der Waals surface area contributed by atoms with Gasteiger partial charge in [0.05, 0.1) is 6.10 Å². The van der Waals surface area contributed by atoms with Crippen LogP contribution in [0.1, 0.15) is 39.0 Å². The highest BCUT2D eigenvalue weighted by Crippen LogP contribution is 2.37. The molecule has 2 saturated heterocycles. The minimum Gasteiger partial charge on any atom is -0.378 e. The summed E-state index contributed by atoms with van der Waals surface area (Å²) in [5.41, 5.74) is 6.29. The molecule has 2 aliphatic heterocycles. The minimum atomic E-state index is 0.449. The molecular weight excluding hydrogens is 212 g/mol. The number of nitrogens with two attached hydrogens (primary N) is 1. The van der Waals surface area contributed by atoms with Gasteiger partial charge in [-0.25, -0.2) is 0 Å². The highest BCUT2D eigenvalue weighted by atomic mass is 16.5. The van der Waals surface area contributed by atoms with Crippen molar-refractivity contribution in [2.75, 3.05) is 19.7 Å². The van der Waals surface area contributed by atoms with Crippen LogP contribution >= 0.6 is 0 Å². The molecule has 0 spiro atoms. The maximum absolute atomic E-state index is 6.29. The number of rotatable bonds is 1. The number of ether oxygens (including phenoxy) is 1. The molecule has 0 aromatic rings. The second kappa shape index (κ2) is 4.87. The van der Waals surface area contributed by atoms with Crippen LogP contribution in [0.3, 0.4) is 0 Å². The van der Waals surface area contributed by atoms with Gasteiger partial charge in [0.25, 0.3) is 0 Å². The van der Waals surface area contributed by atoms with Gasteiger partial charge in [0.1, 0.15) is 0 Å². The van der Waals surface area contributed by atoms with Crippen molar-refractivity contribution in [3.63, 3.8) is 0 Å². The van der Waals surface area contributed by atoms with Gasteiger partial charge in [-0.15, -0.1) is 0 Å². The predicted molar refractivity (Wildman–Crippen MR) is 68.8 cm³/mol. The van der Waals surface area contributed by atoms with Crippen LogP contribution in [-0.4, -0.2) is 42.8 Å². The standard InChI is InChI=1S/C14H26N2O/c1-10-7-12(5-6-17-10)16-8-11-3-2-4-14(15)13(11)9-16/h10-14H,2-9,15H2,1H3. The molecule has 5 unspecified atom stereocenters. The molecule has 2 heterocycles. The summed E-state index contributed by atoms with van der Waals surface area (Å²) in [6.45, 7) is 5.71. The van der Waals surface area contributed by atoms with Crippen molar-refractivity contribution in [2.24, 2.45) is 17.6 Å². The van der Waals surface area contributed by atoms with Gasteiger partial charge in [0, 0.05) is 31.8 Å². The largest absolute Gasteiger partial charge is 0.378 e. The maximum Gasteiger partial charge on any atom is 0.0561 e. The molecule has 2 N–H and O–H groups in total. The Morgan fingerprint density at radius 2 is 2.06 bits per heavy atom. The van der Waals surface area contributed by atoms with Crippen molar-refractivity contribution in [3.05, 3.63) is 0 Å². The van der Waals surface area contributed by atoms with Gasteiger partial charge < -0.3 is 10.5 Å². The first-order chi connectivity index (χ1) is 8.24. The molecule has 3 aliphatic rings. The maximum atomic E-state index is 6.29. The van der Waals surface area contributed by atoms with Gasteiger partial charge >= 0.3 is 0 Å². The molecule has 0 aromatic carbocycles. The molecule has 0 amide bonds. The number of likely N-dealkylation sites (tertiary alicyclic amines) is 1. The Labute approximate surface area is 105 Å². The third kappa shape index (κ3) is 2.38.